The number of aromatic nitrogens is 2. The third-order valence-electron chi connectivity index (χ3n) is 2.16. The maximum atomic E-state index is 13.6. The van der Waals surface area contributed by atoms with Gasteiger partial charge in [-0.3, -0.25) is 0 Å². The lowest BCUT2D eigenvalue weighted by molar-refractivity contribution is 0.0600. The van der Waals surface area contributed by atoms with Crippen molar-refractivity contribution >= 4 is 29.1 Å². The molecule has 0 radical (unpaired) electrons. The number of methoxy groups -OCH3 is 1. The van der Waals surface area contributed by atoms with Crippen molar-refractivity contribution in [3.63, 3.8) is 0 Å². The van der Waals surface area contributed by atoms with Crippen LogP contribution in [0, 0.1) is 5.82 Å². The predicted molar refractivity (Wildman–Crippen MR) is 67.2 cm³/mol. The van der Waals surface area contributed by atoms with E-state index in [1.165, 1.54) is 48.4 Å². The van der Waals surface area contributed by atoms with Crippen molar-refractivity contribution in [3.8, 4) is 0 Å². The molecule has 2 rings (SSSR count). The van der Waals surface area contributed by atoms with Crippen LogP contribution in [0.3, 0.4) is 0 Å². The second kappa shape index (κ2) is 5.92. The summed E-state index contributed by atoms with van der Waals surface area (Å²) in [6.45, 7) is 0. The maximum absolute atomic E-state index is 13.6. The molecule has 0 aliphatic rings. The fourth-order valence-corrected chi connectivity index (χ4v) is 2.76. The molecule has 2 aromatic rings. The van der Waals surface area contributed by atoms with Gasteiger partial charge in [0.15, 0.2) is 4.34 Å². The molecule has 94 valence electrons. The Balaban J connectivity index is 2.13. The summed E-state index contributed by atoms with van der Waals surface area (Å²) in [5, 5.41) is 7.55. The predicted octanol–water partition coefficient (Wildman–Crippen LogP) is 2.76. The lowest BCUT2D eigenvalue weighted by atomic mass is 10.1. The van der Waals surface area contributed by atoms with Gasteiger partial charge in [0.05, 0.1) is 12.7 Å². The zero-order valence-corrected chi connectivity index (χ0v) is 11.1. The molecule has 0 spiro atoms. The normalized spacial score (nSPS) is 10.3. The van der Waals surface area contributed by atoms with Gasteiger partial charge in [0.1, 0.15) is 11.3 Å². The van der Waals surface area contributed by atoms with Crippen LogP contribution in [0.5, 0.6) is 0 Å². The van der Waals surface area contributed by atoms with Gasteiger partial charge in [-0.25, -0.2) is 9.18 Å². The molecule has 0 bridgehead atoms. The summed E-state index contributed by atoms with van der Waals surface area (Å²) in [6.07, 6.45) is 0. The maximum Gasteiger partial charge on any atom is 0.337 e. The Kier molecular flexibility index (Phi) is 4.27. The van der Waals surface area contributed by atoms with Gasteiger partial charge < -0.3 is 4.74 Å². The molecule has 0 fully saturated rings. The van der Waals surface area contributed by atoms with E-state index in [4.69, 9.17) is 0 Å². The molecule has 1 heterocycles. The van der Waals surface area contributed by atoms with Crippen molar-refractivity contribution in [2.24, 2.45) is 0 Å². The van der Waals surface area contributed by atoms with E-state index in [1.807, 2.05) is 0 Å². The van der Waals surface area contributed by atoms with Gasteiger partial charge in [0.2, 0.25) is 0 Å². The van der Waals surface area contributed by atoms with E-state index >= 15 is 0 Å². The Bertz CT molecular complexity index is 546. The van der Waals surface area contributed by atoms with Crippen LogP contribution in [0.15, 0.2) is 28.0 Å². The minimum Gasteiger partial charge on any atom is -0.465 e. The molecule has 1 aromatic carbocycles. The first kappa shape index (κ1) is 13.0. The summed E-state index contributed by atoms with van der Waals surface area (Å²) in [5.41, 5.74) is 2.40. The van der Waals surface area contributed by atoms with E-state index in [9.17, 15) is 9.18 Å². The van der Waals surface area contributed by atoms with Crippen molar-refractivity contribution in [1.82, 2.24) is 10.2 Å². The highest BCUT2D eigenvalue weighted by molar-refractivity contribution is 8.00. The van der Waals surface area contributed by atoms with Crippen molar-refractivity contribution < 1.29 is 13.9 Å². The zero-order chi connectivity index (χ0) is 13.0. The number of carbonyl (C=O) groups excluding carboxylic acids is 1. The lowest BCUT2D eigenvalue weighted by Crippen LogP contribution is -2.02. The molecule has 0 unspecified atom stereocenters. The fourth-order valence-electron chi connectivity index (χ4n) is 1.30. The third-order valence-corrected chi connectivity index (χ3v) is 4.07. The van der Waals surface area contributed by atoms with Crippen LogP contribution < -0.4 is 0 Å². The van der Waals surface area contributed by atoms with Gasteiger partial charge in [-0.1, -0.05) is 23.1 Å². The van der Waals surface area contributed by atoms with Crippen LogP contribution in [0.1, 0.15) is 15.9 Å². The van der Waals surface area contributed by atoms with Gasteiger partial charge in [-0.05, 0) is 23.8 Å². The summed E-state index contributed by atoms with van der Waals surface area (Å²) < 4.78 is 18.9. The smallest absolute Gasteiger partial charge is 0.337 e. The van der Waals surface area contributed by atoms with Gasteiger partial charge in [-0.2, -0.15) is 0 Å². The molecule has 0 aliphatic carbocycles. The van der Waals surface area contributed by atoms with Gasteiger partial charge >= 0.3 is 5.97 Å². The average molecular weight is 284 g/mol. The highest BCUT2D eigenvalue weighted by Gasteiger charge is 2.10. The Morgan fingerprint density at radius 1 is 1.56 bits per heavy atom. The number of halogens is 1. The first-order chi connectivity index (χ1) is 8.70. The Morgan fingerprint density at radius 3 is 3.06 bits per heavy atom. The van der Waals surface area contributed by atoms with Crippen LogP contribution in [-0.4, -0.2) is 23.3 Å². The number of rotatable bonds is 4. The zero-order valence-electron chi connectivity index (χ0n) is 9.42. The van der Waals surface area contributed by atoms with Gasteiger partial charge in [0, 0.05) is 5.75 Å². The topological polar surface area (TPSA) is 52.1 Å². The van der Waals surface area contributed by atoms with Gasteiger partial charge in [0.25, 0.3) is 0 Å². The van der Waals surface area contributed by atoms with Crippen molar-refractivity contribution in [3.05, 3.63) is 40.7 Å². The van der Waals surface area contributed by atoms with E-state index in [2.05, 4.69) is 14.9 Å². The number of carbonyl (C=O) groups is 1. The second-order valence-corrected chi connectivity index (χ2v) is 5.35. The van der Waals surface area contributed by atoms with E-state index < -0.39 is 5.97 Å². The van der Waals surface area contributed by atoms with E-state index in [-0.39, 0.29) is 5.82 Å². The molecule has 0 aliphatic heterocycles. The summed E-state index contributed by atoms with van der Waals surface area (Å²) in [4.78, 5) is 11.3. The Labute approximate surface area is 111 Å². The van der Waals surface area contributed by atoms with Crippen molar-refractivity contribution in [1.29, 1.82) is 0 Å². The molecular weight excluding hydrogens is 275 g/mol. The minimum atomic E-state index is -0.475. The van der Waals surface area contributed by atoms with Crippen LogP contribution >= 0.6 is 23.1 Å². The summed E-state index contributed by atoms with van der Waals surface area (Å²) in [7, 11) is 1.29. The molecule has 0 saturated heterocycles. The molecule has 18 heavy (non-hydrogen) atoms. The number of ether oxygens (including phenoxy) is 1. The molecule has 0 atom stereocenters. The first-order valence-electron chi connectivity index (χ1n) is 4.96. The largest absolute Gasteiger partial charge is 0.465 e. The highest BCUT2D eigenvalue weighted by atomic mass is 32.2. The van der Waals surface area contributed by atoms with E-state index in [0.717, 1.165) is 4.34 Å². The summed E-state index contributed by atoms with van der Waals surface area (Å²) >= 11 is 2.76. The third kappa shape index (κ3) is 3.05. The fraction of sp³-hybridized carbons (Fsp3) is 0.182. The second-order valence-electron chi connectivity index (χ2n) is 3.29. The van der Waals surface area contributed by atoms with E-state index in [0.29, 0.717) is 16.9 Å². The number of esters is 1. The van der Waals surface area contributed by atoms with E-state index in [1.54, 1.807) is 5.51 Å². The lowest BCUT2D eigenvalue weighted by Gasteiger charge is -2.04. The molecule has 1 aromatic heterocycles. The van der Waals surface area contributed by atoms with Gasteiger partial charge in [-0.15, -0.1) is 10.2 Å². The SMILES string of the molecule is COC(=O)c1ccc(F)c(CSc2nncs2)c1. The molecular formula is C11H9FN2O2S2. The first-order valence-corrected chi connectivity index (χ1v) is 6.83. The molecule has 0 amide bonds. The van der Waals surface area contributed by atoms with Crippen molar-refractivity contribution in [2.75, 3.05) is 7.11 Å². The molecule has 0 N–H and O–H groups in total. The molecule has 4 nitrogen and oxygen atoms in total. The minimum absolute atomic E-state index is 0.340. The van der Waals surface area contributed by atoms with Crippen LogP contribution in [-0.2, 0) is 10.5 Å². The Morgan fingerprint density at radius 2 is 2.39 bits per heavy atom. The quantitative estimate of drug-likeness (QED) is 0.638. The number of benzene rings is 1. The number of hydrogen-bond donors (Lipinski definition) is 0. The summed E-state index contributed by atoms with van der Waals surface area (Å²) in [6, 6.07) is 4.16. The van der Waals surface area contributed by atoms with Crippen LogP contribution in [0.2, 0.25) is 0 Å². The number of thioether (sulfide) groups is 1. The van der Waals surface area contributed by atoms with Crippen molar-refractivity contribution in [2.45, 2.75) is 10.1 Å². The number of nitrogens with zero attached hydrogens (tertiary/aromatic N) is 2. The monoisotopic (exact) mass is 284 g/mol. The molecule has 0 saturated carbocycles. The van der Waals surface area contributed by atoms with Crippen LogP contribution in [0.4, 0.5) is 4.39 Å². The van der Waals surface area contributed by atoms with Crippen LogP contribution in [0.25, 0.3) is 0 Å². The summed E-state index contributed by atoms with van der Waals surface area (Å²) in [5.74, 6) is -0.428. The Hall–Kier alpha value is -1.47. The standard InChI is InChI=1S/C11H9FN2O2S2/c1-16-10(15)7-2-3-9(12)8(4-7)5-17-11-14-13-6-18-11/h2-4,6H,5H2,1H3. The molecule has 7 heteroatoms. The number of hydrogen-bond acceptors (Lipinski definition) is 6. The highest BCUT2D eigenvalue weighted by Crippen LogP contribution is 2.25. The average Bonchev–Trinajstić information content (AvgIpc) is 2.90.